The van der Waals surface area contributed by atoms with Gasteiger partial charge in [0.2, 0.25) is 0 Å². The fraction of sp³-hybridized carbons (Fsp3) is 0.625. The lowest BCUT2D eigenvalue weighted by atomic mass is 9.98. The van der Waals surface area contributed by atoms with E-state index in [1.54, 1.807) is 0 Å². The van der Waals surface area contributed by atoms with Crippen molar-refractivity contribution in [2.75, 3.05) is 33.9 Å². The highest BCUT2D eigenvalue weighted by Crippen LogP contribution is 2.21. The molecule has 2 aromatic rings. The van der Waals surface area contributed by atoms with Crippen molar-refractivity contribution in [3.05, 3.63) is 24.2 Å². The van der Waals surface area contributed by atoms with Gasteiger partial charge in [-0.25, -0.2) is 9.97 Å². The van der Waals surface area contributed by atoms with Crippen LogP contribution in [-0.2, 0) is 17.7 Å². The van der Waals surface area contributed by atoms with Crippen molar-refractivity contribution >= 4 is 11.2 Å². The largest absolute Gasteiger partial charge is 0.381 e. The molecule has 0 spiro atoms. The number of fused-ring (bicyclic) bond motifs is 1. The van der Waals surface area contributed by atoms with E-state index in [0.29, 0.717) is 5.92 Å². The van der Waals surface area contributed by atoms with Crippen LogP contribution in [0.1, 0.15) is 18.7 Å². The van der Waals surface area contributed by atoms with E-state index in [1.165, 1.54) is 12.8 Å². The molecule has 0 amide bonds. The molecule has 0 bridgehead atoms. The summed E-state index contributed by atoms with van der Waals surface area (Å²) in [4.78, 5) is 11.5. The molecule has 1 fully saturated rings. The highest BCUT2D eigenvalue weighted by Gasteiger charge is 2.19. The molecule has 5 nitrogen and oxygen atoms in total. The quantitative estimate of drug-likeness (QED) is 0.843. The van der Waals surface area contributed by atoms with Crippen LogP contribution >= 0.6 is 0 Å². The van der Waals surface area contributed by atoms with Crippen LogP contribution in [0.15, 0.2) is 18.3 Å². The molecule has 0 aliphatic carbocycles. The van der Waals surface area contributed by atoms with Crippen LogP contribution in [0.4, 0.5) is 0 Å². The van der Waals surface area contributed by atoms with Crippen molar-refractivity contribution in [3.63, 3.8) is 0 Å². The molecule has 1 unspecified atom stereocenters. The van der Waals surface area contributed by atoms with Gasteiger partial charge in [0.25, 0.3) is 0 Å². The smallest absolute Gasteiger partial charge is 0.160 e. The molecular weight excluding hydrogens is 264 g/mol. The Hall–Kier alpha value is -1.46. The van der Waals surface area contributed by atoms with E-state index in [0.717, 1.165) is 49.7 Å². The monoisotopic (exact) mass is 288 g/mol. The predicted octanol–water partition coefficient (Wildman–Crippen LogP) is 1.96. The molecule has 1 atom stereocenters. The highest BCUT2D eigenvalue weighted by atomic mass is 16.5. The van der Waals surface area contributed by atoms with Gasteiger partial charge in [0, 0.05) is 38.9 Å². The van der Waals surface area contributed by atoms with Gasteiger partial charge < -0.3 is 14.2 Å². The molecule has 3 heterocycles. The van der Waals surface area contributed by atoms with Gasteiger partial charge in [-0.3, -0.25) is 0 Å². The van der Waals surface area contributed by atoms with E-state index >= 15 is 0 Å². The summed E-state index contributed by atoms with van der Waals surface area (Å²) in [6, 6.07) is 4.01. The van der Waals surface area contributed by atoms with E-state index in [4.69, 9.17) is 9.72 Å². The second-order valence-corrected chi connectivity index (χ2v) is 6.12. The Kier molecular flexibility index (Phi) is 4.51. The molecule has 1 aliphatic heterocycles. The maximum Gasteiger partial charge on any atom is 0.160 e. The van der Waals surface area contributed by atoms with Crippen molar-refractivity contribution in [1.29, 1.82) is 0 Å². The van der Waals surface area contributed by atoms with Crippen molar-refractivity contribution in [3.8, 4) is 0 Å². The average Bonchev–Trinajstić information content (AvgIpc) is 2.83. The van der Waals surface area contributed by atoms with Gasteiger partial charge >= 0.3 is 0 Å². The summed E-state index contributed by atoms with van der Waals surface area (Å²) >= 11 is 0. The second-order valence-electron chi connectivity index (χ2n) is 6.12. The van der Waals surface area contributed by atoms with Gasteiger partial charge in [0.15, 0.2) is 5.65 Å². The lowest BCUT2D eigenvalue weighted by Gasteiger charge is -2.22. The average molecular weight is 288 g/mol. The van der Waals surface area contributed by atoms with E-state index in [1.807, 2.05) is 12.3 Å². The van der Waals surface area contributed by atoms with Gasteiger partial charge in [-0.2, -0.15) is 0 Å². The number of ether oxygens (including phenoxy) is 1. The molecule has 2 aromatic heterocycles. The number of rotatable bonds is 5. The number of hydrogen-bond donors (Lipinski definition) is 0. The van der Waals surface area contributed by atoms with Crippen molar-refractivity contribution < 1.29 is 4.74 Å². The van der Waals surface area contributed by atoms with Crippen LogP contribution in [0, 0.1) is 5.92 Å². The number of nitrogens with zero attached hydrogens (tertiary/aromatic N) is 4. The van der Waals surface area contributed by atoms with Gasteiger partial charge in [0.05, 0.1) is 0 Å². The third kappa shape index (κ3) is 3.41. The Balaban J connectivity index is 1.86. The highest BCUT2D eigenvalue weighted by molar-refractivity contribution is 5.71. The summed E-state index contributed by atoms with van der Waals surface area (Å²) < 4.78 is 7.89. The third-order valence-electron chi connectivity index (χ3n) is 4.08. The Morgan fingerprint density at radius 1 is 1.43 bits per heavy atom. The van der Waals surface area contributed by atoms with Crippen molar-refractivity contribution in [1.82, 2.24) is 19.4 Å². The maximum atomic E-state index is 5.61. The summed E-state index contributed by atoms with van der Waals surface area (Å²) in [5.41, 5.74) is 2.01. The number of hydrogen-bond acceptors (Lipinski definition) is 4. The van der Waals surface area contributed by atoms with Gasteiger partial charge in [-0.15, -0.1) is 0 Å². The molecule has 5 heteroatoms. The van der Waals surface area contributed by atoms with E-state index < -0.39 is 0 Å². The summed E-state index contributed by atoms with van der Waals surface area (Å²) in [6.07, 6.45) is 5.25. The molecule has 0 aromatic carbocycles. The molecule has 1 saturated heterocycles. The van der Waals surface area contributed by atoms with Crippen LogP contribution in [0.5, 0.6) is 0 Å². The summed E-state index contributed by atoms with van der Waals surface area (Å²) in [5, 5.41) is 0. The van der Waals surface area contributed by atoms with Gasteiger partial charge in [-0.1, -0.05) is 0 Å². The normalized spacial score (nSPS) is 19.5. The lowest BCUT2D eigenvalue weighted by molar-refractivity contribution is 0.0540. The first-order valence-corrected chi connectivity index (χ1v) is 7.76. The van der Waals surface area contributed by atoms with E-state index in [-0.39, 0.29) is 0 Å². The molecule has 3 rings (SSSR count). The van der Waals surface area contributed by atoms with Crippen LogP contribution < -0.4 is 0 Å². The minimum Gasteiger partial charge on any atom is -0.381 e. The van der Waals surface area contributed by atoms with Crippen LogP contribution in [0.25, 0.3) is 11.2 Å². The fourth-order valence-corrected chi connectivity index (χ4v) is 2.92. The number of pyridine rings is 1. The zero-order valence-electron chi connectivity index (χ0n) is 13.0. The fourth-order valence-electron chi connectivity index (χ4n) is 2.92. The molecule has 0 radical (unpaired) electrons. The van der Waals surface area contributed by atoms with Crippen molar-refractivity contribution in [2.24, 2.45) is 5.92 Å². The zero-order chi connectivity index (χ0) is 14.7. The molecule has 1 aliphatic rings. The first-order valence-electron chi connectivity index (χ1n) is 7.76. The minimum absolute atomic E-state index is 0.591. The first kappa shape index (κ1) is 14.5. The molecule has 114 valence electrons. The molecule has 0 N–H and O–H groups in total. The molecule has 0 saturated carbocycles. The minimum atomic E-state index is 0.591. The SMILES string of the molecule is CN(C)CCn1c(CC2CCCOC2)nc2cccnc21. The zero-order valence-corrected chi connectivity index (χ0v) is 13.0. The number of likely N-dealkylation sites (N-methyl/N-ethyl adjacent to an activating group) is 1. The standard InChI is InChI=1S/C16H24N4O/c1-19(2)8-9-20-15(11-13-5-4-10-21-12-13)18-14-6-3-7-17-16(14)20/h3,6-7,13H,4-5,8-12H2,1-2H3. The van der Waals surface area contributed by atoms with Gasteiger partial charge in [0.1, 0.15) is 11.3 Å². The van der Waals surface area contributed by atoms with E-state index in [9.17, 15) is 0 Å². The number of aromatic nitrogens is 3. The van der Waals surface area contributed by atoms with Gasteiger partial charge in [-0.05, 0) is 45.0 Å². The maximum absolute atomic E-state index is 5.61. The number of imidazole rings is 1. The summed E-state index contributed by atoms with van der Waals surface area (Å²) in [5.74, 6) is 1.75. The van der Waals surface area contributed by atoms with Crippen LogP contribution in [0.2, 0.25) is 0 Å². The Bertz CT molecular complexity index is 587. The topological polar surface area (TPSA) is 43.2 Å². The molecular formula is C16H24N4O. The Labute approximate surface area is 125 Å². The van der Waals surface area contributed by atoms with Crippen LogP contribution in [0.3, 0.4) is 0 Å². The second kappa shape index (κ2) is 6.54. The summed E-state index contributed by atoms with van der Waals surface area (Å²) in [7, 11) is 4.20. The lowest BCUT2D eigenvalue weighted by Crippen LogP contribution is -2.23. The Morgan fingerprint density at radius 3 is 3.10 bits per heavy atom. The first-order chi connectivity index (χ1) is 10.2. The third-order valence-corrected chi connectivity index (χ3v) is 4.08. The van der Waals surface area contributed by atoms with Crippen molar-refractivity contribution in [2.45, 2.75) is 25.8 Å². The summed E-state index contributed by atoms with van der Waals surface area (Å²) in [6.45, 7) is 3.71. The van der Waals surface area contributed by atoms with E-state index in [2.05, 4.69) is 34.6 Å². The Morgan fingerprint density at radius 2 is 2.33 bits per heavy atom. The van der Waals surface area contributed by atoms with Crippen LogP contribution in [-0.4, -0.2) is 53.3 Å². The predicted molar refractivity (Wildman–Crippen MR) is 83.3 cm³/mol. The molecule has 21 heavy (non-hydrogen) atoms.